The fourth-order valence-electron chi connectivity index (χ4n) is 13.0. The number of imidazole rings is 5. The molecule has 0 aliphatic carbocycles. The predicted octanol–water partition coefficient (Wildman–Crippen LogP) is -1.85. The molecular formula is C50H66N30O18P4. The molecular weight excluding hydrogens is 1430 g/mol. The molecule has 21 N–H and O–H groups in total. The highest BCUT2D eigenvalue weighted by molar-refractivity contribution is 7.51. The minimum absolute atomic E-state index is 0.00927. The highest BCUT2D eigenvalue weighted by atomic mass is 31.2. The number of aromatic nitrogens is 20. The fraction of sp³-hybridized carbons (Fsp3) is 0.500. The maximum atomic E-state index is 14.5. The van der Waals surface area contributed by atoms with Crippen LogP contribution in [0.2, 0.25) is 0 Å². The second-order valence-electron chi connectivity index (χ2n) is 24.3. The Bertz CT molecular complexity index is 4980. The summed E-state index contributed by atoms with van der Waals surface area (Å²) in [5, 5.41) is 20.6. The lowest BCUT2D eigenvalue weighted by atomic mass is 10.1. The molecule has 0 spiro atoms. The van der Waals surface area contributed by atoms with Crippen LogP contribution in [-0.2, 0) is 60.0 Å². The van der Waals surface area contributed by atoms with Gasteiger partial charge in [-0.25, -0.2) is 113 Å². The number of anilines is 5. The Balaban J connectivity index is 0.636. The van der Waals surface area contributed by atoms with Gasteiger partial charge in [-0.2, -0.15) is 0 Å². The van der Waals surface area contributed by atoms with E-state index in [4.69, 9.17) is 76.2 Å². The van der Waals surface area contributed by atoms with E-state index in [2.05, 4.69) is 95.1 Å². The first kappa shape index (κ1) is 69.6. The van der Waals surface area contributed by atoms with Crippen molar-refractivity contribution in [3.8, 4) is 0 Å². The van der Waals surface area contributed by atoms with E-state index in [-0.39, 0.29) is 100 Å². The van der Waals surface area contributed by atoms with Gasteiger partial charge in [-0.05, 0) is 0 Å². The van der Waals surface area contributed by atoms with Gasteiger partial charge < -0.3 is 82.8 Å². The molecule has 102 heavy (non-hydrogen) atoms. The first-order valence-corrected chi connectivity index (χ1v) is 37.4. The Hall–Kier alpha value is -8.09. The lowest BCUT2D eigenvalue weighted by Gasteiger charge is -2.27. The Morgan fingerprint density at radius 2 is 0.588 bits per heavy atom. The second kappa shape index (κ2) is 27.5. The van der Waals surface area contributed by atoms with Crippen LogP contribution in [-0.4, -0.2) is 216 Å². The number of ether oxygens (including phenoxy) is 5. The van der Waals surface area contributed by atoms with Crippen LogP contribution < -0.4 is 54.8 Å². The molecule has 52 heteroatoms. The van der Waals surface area contributed by atoms with Gasteiger partial charge in [0.25, 0.3) is 0 Å². The average molecular weight is 1500 g/mol. The molecule has 10 aromatic rings. The lowest BCUT2D eigenvalue weighted by molar-refractivity contribution is -0.0276. The molecule has 544 valence electrons. The number of hydrogen-bond acceptors (Lipinski definition) is 35. The minimum Gasteiger partial charge on any atom is -0.394 e. The van der Waals surface area contributed by atoms with Crippen LogP contribution in [0.1, 0.15) is 63.2 Å². The van der Waals surface area contributed by atoms with Gasteiger partial charge in [0.2, 0.25) is 0 Å². The first-order valence-electron chi connectivity index (χ1n) is 31.1. The number of nitrogens with one attached hydrogen (secondary N) is 4. The third-order valence-electron chi connectivity index (χ3n) is 17.9. The molecule has 48 nitrogen and oxygen atoms in total. The SMILES string of the molecule is Nc1ncnc2c1ncn2[C@H]1C[C@H](NP(=O)(O)OC[C@H]2O[C@@H](n3cnc4c(N)ncnc43)C[C@@H]2NP(=O)(O)OC[C@H]2O[C@@H](n3cnc4c(N)ncnc43)C[C@@H]2NP(=O)(O)OC[C@H]2O[C@@H](n3cnc4c(N)ncnc43)C[C@@H]2NP(=O)(O)OC[C@H]2O[C@@H](n3cnc4c(N)ncnc43)C[C@@H]2N)[C@@H](CO)O1. The molecule has 5 aliphatic heterocycles. The molecule has 10 aromatic heterocycles. The quantitative estimate of drug-likeness (QED) is 0.0265. The van der Waals surface area contributed by atoms with Gasteiger partial charge in [0.05, 0.1) is 119 Å². The largest absolute Gasteiger partial charge is 0.403 e. The summed E-state index contributed by atoms with van der Waals surface area (Å²) in [6.07, 6.45) is 2.12. The zero-order chi connectivity index (χ0) is 71.1. The van der Waals surface area contributed by atoms with Gasteiger partial charge in [0.1, 0.15) is 90.4 Å². The fourth-order valence-corrected chi connectivity index (χ4v) is 17.4. The van der Waals surface area contributed by atoms with Crippen molar-refractivity contribution in [1.82, 2.24) is 118 Å². The molecule has 4 unspecified atom stereocenters. The monoisotopic (exact) mass is 1500 g/mol. The van der Waals surface area contributed by atoms with Crippen LogP contribution in [0.3, 0.4) is 0 Å². The summed E-state index contributed by atoms with van der Waals surface area (Å²) < 4.78 is 119. The van der Waals surface area contributed by atoms with E-state index in [9.17, 15) is 42.9 Å². The minimum atomic E-state index is -5.10. The van der Waals surface area contributed by atoms with Crippen LogP contribution in [0.15, 0.2) is 63.3 Å². The van der Waals surface area contributed by atoms with Crippen molar-refractivity contribution in [2.24, 2.45) is 5.73 Å². The van der Waals surface area contributed by atoms with Crippen LogP contribution >= 0.6 is 31.0 Å². The molecule has 19 atom stereocenters. The molecule has 5 fully saturated rings. The van der Waals surface area contributed by atoms with E-state index in [1.165, 1.54) is 81.5 Å². The van der Waals surface area contributed by atoms with E-state index in [0.29, 0.717) is 16.8 Å². The first-order chi connectivity index (χ1) is 48.8. The van der Waals surface area contributed by atoms with Gasteiger partial charge in [-0.3, -0.25) is 40.9 Å². The van der Waals surface area contributed by atoms with Gasteiger partial charge in [0.15, 0.2) is 57.3 Å². The number of fused-ring (bicyclic) bond motifs is 5. The summed E-state index contributed by atoms with van der Waals surface area (Å²) in [6.45, 7) is -3.32. The van der Waals surface area contributed by atoms with Crippen LogP contribution in [0.4, 0.5) is 29.1 Å². The maximum Gasteiger partial charge on any atom is 0.403 e. The molecule has 0 aromatic carbocycles. The molecule has 5 saturated heterocycles. The highest BCUT2D eigenvalue weighted by Gasteiger charge is 2.49. The standard InChI is InChI=1S/C50H66N30O18P4/c51-21-1-31(76-16-67-36-41(52)57-11-62-46(36)76)95-27(21)7-90-100(84,85)73-23-3-33(78-18-69-38-43(54)59-13-64-48(38)78)97-29(23)9-92-102(88,89)75-25-5-35(80-20-71-40-45(56)61-15-66-50(40)80)98-30(25)10-93-101(86,87)74-24-4-34(79-19-70-39-44(55)60-14-65-49(39)79)96-28(24)8-91-99(82,83)72-22-2-32(94-26(22)6-81)77-17-68-37-42(53)58-12-63-47(37)77/h11-35,81H,1-10,51H2,(H2,52,57,62)(H2,53,58,63)(H2,54,59,64)(H2,55,60,65)(H2,56,61,66)(H2,72,82,83)(H2,73,84,85)(H2,74,86,87)(H2,75,88,89)/t21-,22-,23-,24-,25-,26+,27+,28+,29+,30+,31+,32+,33+,34+,35+/m0/s1. The maximum absolute atomic E-state index is 14.5. The van der Waals surface area contributed by atoms with Crippen molar-refractivity contribution in [2.75, 3.05) is 61.7 Å². The van der Waals surface area contributed by atoms with Crippen molar-refractivity contribution in [2.45, 2.75) is 124 Å². The summed E-state index contributed by atoms with van der Waals surface area (Å²) in [5.41, 5.74) is 39.3. The Morgan fingerprint density at radius 3 is 0.853 bits per heavy atom. The van der Waals surface area contributed by atoms with Gasteiger partial charge in [0, 0.05) is 38.1 Å². The molecule has 15 rings (SSSR count). The summed E-state index contributed by atoms with van der Waals surface area (Å²) >= 11 is 0. The van der Waals surface area contributed by atoms with Crippen molar-refractivity contribution in [1.29, 1.82) is 0 Å². The molecule has 0 radical (unpaired) electrons. The summed E-state index contributed by atoms with van der Waals surface area (Å²) in [6, 6.07) is -5.38. The summed E-state index contributed by atoms with van der Waals surface area (Å²) in [4.78, 5) is 109. The molecule has 0 saturated carbocycles. The number of aliphatic hydroxyl groups excluding tert-OH is 1. The Labute approximate surface area is 571 Å². The average Bonchev–Trinajstić information content (AvgIpc) is 1.65. The van der Waals surface area contributed by atoms with Crippen LogP contribution in [0.5, 0.6) is 0 Å². The summed E-state index contributed by atoms with van der Waals surface area (Å²) in [5.74, 6) is 0.375. The van der Waals surface area contributed by atoms with Crippen molar-refractivity contribution in [3.05, 3.63) is 63.3 Å². The van der Waals surface area contributed by atoms with E-state index >= 15 is 0 Å². The Morgan fingerprint density at radius 1 is 0.363 bits per heavy atom. The molecule has 0 amide bonds. The normalized spacial score (nSPS) is 29.4. The number of nitrogen functional groups attached to an aromatic ring is 5. The van der Waals surface area contributed by atoms with Crippen molar-refractivity contribution >= 4 is 116 Å². The van der Waals surface area contributed by atoms with Crippen molar-refractivity contribution < 1.29 is 84.7 Å². The van der Waals surface area contributed by atoms with Gasteiger partial charge in [-0.15, -0.1) is 0 Å². The smallest absolute Gasteiger partial charge is 0.394 e. The topological polar surface area (TPSA) is 675 Å². The van der Waals surface area contributed by atoms with Crippen LogP contribution in [0, 0.1) is 0 Å². The third-order valence-corrected chi connectivity index (χ3v) is 22.5. The third kappa shape index (κ3) is 14.0. The Kier molecular flexibility index (Phi) is 18.8. The molecule has 0 bridgehead atoms. The lowest BCUT2D eigenvalue weighted by Crippen LogP contribution is -2.41. The van der Waals surface area contributed by atoms with E-state index < -0.39 is 156 Å². The highest BCUT2D eigenvalue weighted by Crippen LogP contribution is 2.50. The predicted molar refractivity (Wildman–Crippen MR) is 347 cm³/mol. The number of hydrogen-bond donors (Lipinski definition) is 15. The second-order valence-corrected chi connectivity index (χ2v) is 30.5. The number of nitrogens with zero attached hydrogens (tertiary/aromatic N) is 20. The number of aliphatic hydroxyl groups is 1. The van der Waals surface area contributed by atoms with Crippen LogP contribution in [0.25, 0.3) is 55.8 Å². The number of rotatable bonds is 26. The van der Waals surface area contributed by atoms with E-state index in [1.54, 1.807) is 4.57 Å². The zero-order valence-corrected chi connectivity index (χ0v) is 56.3. The number of nitrogens with two attached hydrogens (primary N) is 6. The van der Waals surface area contributed by atoms with Gasteiger partial charge in [-0.1, -0.05) is 0 Å². The molecule has 15 heterocycles. The summed E-state index contributed by atoms with van der Waals surface area (Å²) in [7, 11) is -19.9. The molecule has 5 aliphatic rings. The van der Waals surface area contributed by atoms with Gasteiger partial charge >= 0.3 is 31.0 Å². The van der Waals surface area contributed by atoms with E-state index in [1.807, 2.05) is 0 Å². The van der Waals surface area contributed by atoms with Crippen molar-refractivity contribution in [3.63, 3.8) is 0 Å². The zero-order valence-electron chi connectivity index (χ0n) is 52.7. The van der Waals surface area contributed by atoms with E-state index in [0.717, 1.165) is 0 Å².